The molecule has 1 aromatic carbocycles. The van der Waals surface area contributed by atoms with Gasteiger partial charge in [-0.1, -0.05) is 22.9 Å². The van der Waals surface area contributed by atoms with Crippen LogP contribution in [0.4, 0.5) is 5.69 Å². The second kappa shape index (κ2) is 6.92. The molecule has 0 saturated carbocycles. The van der Waals surface area contributed by atoms with Gasteiger partial charge in [-0.2, -0.15) is 0 Å². The van der Waals surface area contributed by atoms with E-state index in [4.69, 9.17) is 4.74 Å². The number of benzene rings is 1. The molecule has 3 nitrogen and oxygen atoms in total. The molecule has 3 atom stereocenters. The molecular formula is C16H25BrN2O. The molecule has 1 aliphatic rings. The molecule has 20 heavy (non-hydrogen) atoms. The predicted molar refractivity (Wildman–Crippen MR) is 88.5 cm³/mol. The highest BCUT2D eigenvalue weighted by Crippen LogP contribution is 2.31. The van der Waals surface area contributed by atoms with Gasteiger partial charge in [0.25, 0.3) is 0 Å². The van der Waals surface area contributed by atoms with E-state index in [-0.39, 0.29) is 12.2 Å². The first-order chi connectivity index (χ1) is 9.51. The largest absolute Gasteiger partial charge is 0.372 e. The summed E-state index contributed by atoms with van der Waals surface area (Å²) < 4.78 is 6.98. The molecule has 1 saturated heterocycles. The summed E-state index contributed by atoms with van der Waals surface area (Å²) in [6.45, 7) is 11.6. The van der Waals surface area contributed by atoms with Gasteiger partial charge in [0.15, 0.2) is 0 Å². The highest BCUT2D eigenvalue weighted by atomic mass is 79.9. The van der Waals surface area contributed by atoms with E-state index in [0.29, 0.717) is 6.04 Å². The van der Waals surface area contributed by atoms with E-state index in [0.717, 1.165) is 24.1 Å². The molecule has 2 rings (SSSR count). The summed E-state index contributed by atoms with van der Waals surface area (Å²) >= 11 is 3.59. The Hall–Kier alpha value is -0.580. The smallest absolute Gasteiger partial charge is 0.0726 e. The average molecular weight is 341 g/mol. The van der Waals surface area contributed by atoms with Crippen LogP contribution >= 0.6 is 15.9 Å². The third-order valence-electron chi connectivity index (χ3n) is 3.73. The number of nitrogens with one attached hydrogen (secondary N) is 1. The third kappa shape index (κ3) is 3.74. The molecule has 112 valence electrons. The molecular weight excluding hydrogens is 316 g/mol. The van der Waals surface area contributed by atoms with Crippen molar-refractivity contribution in [3.63, 3.8) is 0 Å². The molecule has 0 spiro atoms. The number of ether oxygens (including phenoxy) is 1. The van der Waals surface area contributed by atoms with Crippen LogP contribution < -0.4 is 10.2 Å². The van der Waals surface area contributed by atoms with E-state index in [1.54, 1.807) is 0 Å². The van der Waals surface area contributed by atoms with E-state index in [1.165, 1.54) is 11.3 Å². The Labute approximate surface area is 130 Å². The molecule has 0 amide bonds. The van der Waals surface area contributed by atoms with Gasteiger partial charge in [-0.05, 0) is 51.1 Å². The summed E-state index contributed by atoms with van der Waals surface area (Å²) in [7, 11) is 0. The number of hydrogen-bond acceptors (Lipinski definition) is 3. The lowest BCUT2D eigenvalue weighted by Crippen LogP contribution is -2.46. The maximum atomic E-state index is 5.84. The van der Waals surface area contributed by atoms with Crippen molar-refractivity contribution in [2.75, 3.05) is 24.5 Å². The second-order valence-electron chi connectivity index (χ2n) is 5.64. The molecule has 4 heteroatoms. The fraction of sp³-hybridized carbons (Fsp3) is 0.625. The maximum absolute atomic E-state index is 5.84. The molecule has 1 aliphatic heterocycles. The Balaban J connectivity index is 2.30. The Bertz CT molecular complexity index is 442. The molecule has 1 fully saturated rings. The maximum Gasteiger partial charge on any atom is 0.0726 e. The average Bonchev–Trinajstić information content (AvgIpc) is 2.37. The molecule has 1 aromatic rings. The van der Waals surface area contributed by atoms with E-state index < -0.39 is 0 Å². The minimum Gasteiger partial charge on any atom is -0.372 e. The minimum atomic E-state index is 0.282. The number of morpholine rings is 1. The van der Waals surface area contributed by atoms with E-state index in [9.17, 15) is 0 Å². The number of rotatable bonds is 4. The van der Waals surface area contributed by atoms with E-state index in [2.05, 4.69) is 72.0 Å². The van der Waals surface area contributed by atoms with Gasteiger partial charge in [0.2, 0.25) is 0 Å². The van der Waals surface area contributed by atoms with Crippen molar-refractivity contribution in [3.8, 4) is 0 Å². The second-order valence-corrected chi connectivity index (χ2v) is 6.56. The van der Waals surface area contributed by atoms with Gasteiger partial charge in [0.1, 0.15) is 0 Å². The summed E-state index contributed by atoms with van der Waals surface area (Å²) in [6, 6.07) is 6.93. The molecule has 1 unspecified atom stereocenters. The van der Waals surface area contributed by atoms with Crippen molar-refractivity contribution in [3.05, 3.63) is 28.2 Å². The molecule has 1 N–H and O–H groups in total. The zero-order chi connectivity index (χ0) is 14.7. The summed E-state index contributed by atoms with van der Waals surface area (Å²) in [4.78, 5) is 2.45. The Morgan fingerprint density at radius 3 is 2.60 bits per heavy atom. The fourth-order valence-electron chi connectivity index (χ4n) is 2.95. The lowest BCUT2D eigenvalue weighted by molar-refractivity contribution is -0.00528. The Morgan fingerprint density at radius 1 is 1.35 bits per heavy atom. The van der Waals surface area contributed by atoms with Crippen LogP contribution in [0.25, 0.3) is 0 Å². The molecule has 0 bridgehead atoms. The number of hydrogen-bond donors (Lipinski definition) is 1. The summed E-state index contributed by atoms with van der Waals surface area (Å²) in [5.41, 5.74) is 2.67. The van der Waals surface area contributed by atoms with Crippen LogP contribution in [0.3, 0.4) is 0 Å². The Morgan fingerprint density at radius 2 is 2.00 bits per heavy atom. The van der Waals surface area contributed by atoms with Gasteiger partial charge in [0, 0.05) is 29.3 Å². The van der Waals surface area contributed by atoms with E-state index >= 15 is 0 Å². The first-order valence-electron chi connectivity index (χ1n) is 7.44. The molecule has 0 aliphatic carbocycles. The van der Waals surface area contributed by atoms with Crippen LogP contribution in [-0.4, -0.2) is 31.8 Å². The van der Waals surface area contributed by atoms with Crippen LogP contribution in [-0.2, 0) is 4.74 Å². The molecule has 1 heterocycles. The van der Waals surface area contributed by atoms with Crippen molar-refractivity contribution in [2.24, 2.45) is 0 Å². The fourth-order valence-corrected chi connectivity index (χ4v) is 3.33. The van der Waals surface area contributed by atoms with Gasteiger partial charge < -0.3 is 15.0 Å². The standard InChI is InChI=1S/C16H25BrN2O/c1-5-18-13(4)15-8-14(17)6-7-16(15)19-9-11(2)20-12(3)10-19/h6-8,11-13,18H,5,9-10H2,1-4H3/t11-,12+,13?. The monoisotopic (exact) mass is 340 g/mol. The van der Waals surface area contributed by atoms with Crippen LogP contribution in [0.2, 0.25) is 0 Å². The summed E-state index contributed by atoms with van der Waals surface area (Å²) in [6.07, 6.45) is 0.564. The van der Waals surface area contributed by atoms with Crippen molar-refractivity contribution < 1.29 is 4.74 Å². The first kappa shape index (κ1) is 15.8. The van der Waals surface area contributed by atoms with Gasteiger partial charge in [-0.3, -0.25) is 0 Å². The summed E-state index contributed by atoms with van der Waals surface area (Å²) in [5, 5.41) is 3.51. The first-order valence-corrected chi connectivity index (χ1v) is 8.23. The van der Waals surface area contributed by atoms with Crippen LogP contribution in [0.1, 0.15) is 39.3 Å². The van der Waals surface area contributed by atoms with E-state index in [1.807, 2.05) is 0 Å². The zero-order valence-corrected chi connectivity index (χ0v) is 14.4. The predicted octanol–water partition coefficient (Wildman–Crippen LogP) is 3.73. The number of anilines is 1. The van der Waals surface area contributed by atoms with Gasteiger partial charge in [0.05, 0.1) is 12.2 Å². The van der Waals surface area contributed by atoms with Crippen molar-refractivity contribution in [2.45, 2.75) is 45.9 Å². The highest BCUT2D eigenvalue weighted by molar-refractivity contribution is 9.10. The lowest BCUT2D eigenvalue weighted by atomic mass is 10.0. The van der Waals surface area contributed by atoms with Crippen LogP contribution in [0, 0.1) is 0 Å². The van der Waals surface area contributed by atoms with Crippen LogP contribution in [0.15, 0.2) is 22.7 Å². The van der Waals surface area contributed by atoms with Gasteiger partial charge >= 0.3 is 0 Å². The van der Waals surface area contributed by atoms with Crippen molar-refractivity contribution in [1.29, 1.82) is 0 Å². The molecule has 0 radical (unpaired) electrons. The Kier molecular flexibility index (Phi) is 5.47. The lowest BCUT2D eigenvalue weighted by Gasteiger charge is -2.38. The SMILES string of the molecule is CCNC(C)c1cc(Br)ccc1N1C[C@@H](C)O[C@@H](C)C1. The quantitative estimate of drug-likeness (QED) is 0.903. The number of halogens is 1. The minimum absolute atomic E-state index is 0.282. The van der Waals surface area contributed by atoms with Crippen molar-refractivity contribution >= 4 is 21.6 Å². The highest BCUT2D eigenvalue weighted by Gasteiger charge is 2.25. The number of nitrogens with zero attached hydrogens (tertiary/aromatic N) is 1. The normalized spacial score (nSPS) is 24.8. The van der Waals surface area contributed by atoms with Crippen LogP contribution in [0.5, 0.6) is 0 Å². The zero-order valence-electron chi connectivity index (χ0n) is 12.8. The van der Waals surface area contributed by atoms with Gasteiger partial charge in [-0.25, -0.2) is 0 Å². The molecule has 0 aromatic heterocycles. The summed E-state index contributed by atoms with van der Waals surface area (Å²) in [5.74, 6) is 0. The third-order valence-corrected chi connectivity index (χ3v) is 4.22. The topological polar surface area (TPSA) is 24.5 Å². The van der Waals surface area contributed by atoms with Crippen molar-refractivity contribution in [1.82, 2.24) is 5.32 Å². The van der Waals surface area contributed by atoms with Gasteiger partial charge in [-0.15, -0.1) is 0 Å².